The van der Waals surface area contributed by atoms with Gasteiger partial charge in [-0.3, -0.25) is 0 Å². The molecule has 0 saturated carbocycles. The molecule has 0 N–H and O–H groups in total. The highest BCUT2D eigenvalue weighted by molar-refractivity contribution is 2.77. The standard InChI is InChI=1S/Cl2O7/c3-1(4)7-9-8-2(5)6. The highest BCUT2D eigenvalue weighted by Gasteiger charge is 2.18. The van der Waals surface area contributed by atoms with Crippen LogP contribution in [-0.4, -0.2) is 0 Å². The molecular formula is Cl2O7. The zero-order valence-electron chi connectivity index (χ0n) is 3.61. The molecule has 0 aliphatic rings. The molecule has 0 amide bonds. The minimum absolute atomic E-state index is 2.66. The third-order valence-electron chi connectivity index (χ3n) is 0.154. The highest BCUT2D eigenvalue weighted by Crippen LogP contribution is 1.84. The number of hydrogen-bond acceptors (Lipinski definition) is 7. The van der Waals surface area contributed by atoms with E-state index in [1.807, 2.05) is 0 Å². The molecule has 0 fully saturated rings. The Labute approximate surface area is 55.0 Å². The summed E-state index contributed by atoms with van der Waals surface area (Å²) in [6, 6.07) is 0. The normalized spacial score (nSPS) is 11.3. The molecule has 0 unspecified atom stereocenters. The Kier molecular flexibility index (Phi) is 5.28. The maximum Gasteiger partial charge on any atom is 0.332 e. The SMILES string of the molecule is [O-][Cl+2]([O-])OOO[Cl+2]([O-])[O-]. The Hall–Kier alpha value is 0.300. The molecule has 0 spiro atoms. The third kappa shape index (κ3) is 8.30. The van der Waals surface area contributed by atoms with Gasteiger partial charge in [-0.25, -0.2) is 0 Å². The van der Waals surface area contributed by atoms with Crippen molar-refractivity contribution in [2.45, 2.75) is 0 Å². The van der Waals surface area contributed by atoms with E-state index in [0.717, 1.165) is 0 Å². The van der Waals surface area contributed by atoms with Crippen LogP contribution in [0.5, 0.6) is 0 Å². The van der Waals surface area contributed by atoms with E-state index < -0.39 is 21.6 Å². The lowest BCUT2D eigenvalue weighted by Gasteiger charge is -1.87. The van der Waals surface area contributed by atoms with Crippen molar-refractivity contribution in [1.82, 2.24) is 0 Å². The lowest BCUT2D eigenvalue weighted by Crippen LogP contribution is -2.38. The van der Waals surface area contributed by atoms with Gasteiger partial charge in [0.15, 0.2) is 0 Å². The van der Waals surface area contributed by atoms with Crippen molar-refractivity contribution in [3.63, 3.8) is 0 Å². The average molecular weight is 183 g/mol. The highest BCUT2D eigenvalue weighted by atomic mass is 35.6. The Balaban J connectivity index is 2.91. The first-order chi connectivity index (χ1) is 4.13. The van der Waals surface area contributed by atoms with Crippen LogP contribution < -0.4 is 18.6 Å². The largest absolute Gasteiger partial charge is 0.332 e. The van der Waals surface area contributed by atoms with Crippen LogP contribution in [0, 0.1) is 21.6 Å². The van der Waals surface area contributed by atoms with Gasteiger partial charge < -0.3 is 18.6 Å². The van der Waals surface area contributed by atoms with Gasteiger partial charge in [0.1, 0.15) is 5.04 Å². The van der Waals surface area contributed by atoms with E-state index in [0.29, 0.717) is 0 Å². The summed E-state index contributed by atoms with van der Waals surface area (Å²) >= 11 is 0. The van der Waals surface area contributed by atoms with E-state index in [2.05, 4.69) is 13.9 Å². The second-order valence-corrected chi connectivity index (χ2v) is 1.58. The van der Waals surface area contributed by atoms with Crippen LogP contribution in [0.15, 0.2) is 0 Å². The lowest BCUT2D eigenvalue weighted by atomic mass is 14.6. The second-order valence-electron chi connectivity index (χ2n) is 0.572. The Bertz CT molecular complexity index is 51.9. The minimum Gasteiger partial charge on any atom is -0.318 e. The summed E-state index contributed by atoms with van der Waals surface area (Å²) in [7, 11) is -5.32. The Morgan fingerprint density at radius 3 is 1.33 bits per heavy atom. The topological polar surface area (TPSA) is 120 Å². The first-order valence-corrected chi connectivity index (χ1v) is 3.11. The summed E-state index contributed by atoms with van der Waals surface area (Å²) in [5.41, 5.74) is 0. The van der Waals surface area contributed by atoms with Gasteiger partial charge in [0.05, 0.1) is 0 Å². The molecule has 7 nitrogen and oxygen atoms in total. The summed E-state index contributed by atoms with van der Waals surface area (Å²) in [4.78, 5) is 0. The molecule has 0 aliphatic carbocycles. The first-order valence-electron chi connectivity index (χ1n) is 1.26. The van der Waals surface area contributed by atoms with Crippen molar-refractivity contribution >= 4 is 0 Å². The van der Waals surface area contributed by atoms with Crippen molar-refractivity contribution in [2.75, 3.05) is 0 Å². The number of rotatable bonds is 4. The van der Waals surface area contributed by atoms with Crippen molar-refractivity contribution < 1.29 is 54.1 Å². The smallest absolute Gasteiger partial charge is 0.318 e. The van der Waals surface area contributed by atoms with Crippen LogP contribution in [0.2, 0.25) is 0 Å². The van der Waals surface area contributed by atoms with Crippen LogP contribution in [0.4, 0.5) is 0 Å². The average Bonchev–Trinajstić information content (AvgIpc) is 1.63. The van der Waals surface area contributed by atoms with Gasteiger partial charge in [-0.05, 0) is 0 Å². The molecule has 0 aromatic rings. The maximum atomic E-state index is 9.31. The summed E-state index contributed by atoms with van der Waals surface area (Å²) in [5, 5.41) is 3.10. The predicted molar refractivity (Wildman–Crippen MR) is 3.25 cm³/mol. The molecule has 0 aromatic heterocycles. The van der Waals surface area contributed by atoms with Crippen LogP contribution in [-0.2, 0) is 13.9 Å². The monoisotopic (exact) mass is 182 g/mol. The van der Waals surface area contributed by atoms with Gasteiger partial charge in [0.25, 0.3) is 0 Å². The predicted octanol–water partition coefficient (Wildman–Crippen LogP) is -4.96. The van der Waals surface area contributed by atoms with Crippen LogP contribution >= 0.6 is 0 Å². The fraction of sp³-hybridized carbons (Fsp3) is 0. The zero-order valence-corrected chi connectivity index (χ0v) is 5.13. The molecule has 56 valence electrons. The molecule has 0 atom stereocenters. The molecule has 0 saturated heterocycles. The Morgan fingerprint density at radius 1 is 0.778 bits per heavy atom. The van der Waals surface area contributed by atoms with Crippen molar-refractivity contribution in [3.8, 4) is 0 Å². The van der Waals surface area contributed by atoms with Gasteiger partial charge in [-0.15, -0.1) is 0 Å². The quantitative estimate of drug-likeness (QED) is 0.316. The van der Waals surface area contributed by atoms with E-state index >= 15 is 0 Å². The summed E-state index contributed by atoms with van der Waals surface area (Å²) in [5.74, 6) is 0. The van der Waals surface area contributed by atoms with E-state index in [1.54, 1.807) is 0 Å². The molecule has 0 rings (SSSR count). The van der Waals surface area contributed by atoms with Gasteiger partial charge in [-0.1, -0.05) is 0 Å². The van der Waals surface area contributed by atoms with Crippen molar-refractivity contribution in [3.05, 3.63) is 0 Å². The third-order valence-corrected chi connectivity index (χ3v) is 0.463. The second kappa shape index (κ2) is 5.11. The number of hydrogen-bond donors (Lipinski definition) is 0. The molecule has 9 heavy (non-hydrogen) atoms. The van der Waals surface area contributed by atoms with Crippen molar-refractivity contribution in [1.29, 1.82) is 0 Å². The molecular weight excluding hydrogens is 183 g/mol. The molecule has 0 bridgehead atoms. The molecule has 0 aromatic carbocycles. The van der Waals surface area contributed by atoms with Gasteiger partial charge in [0.2, 0.25) is 8.88 Å². The van der Waals surface area contributed by atoms with E-state index in [1.165, 1.54) is 0 Å². The van der Waals surface area contributed by atoms with Crippen LogP contribution in [0.3, 0.4) is 0 Å². The van der Waals surface area contributed by atoms with Crippen LogP contribution in [0.25, 0.3) is 0 Å². The molecule has 0 aliphatic heterocycles. The summed E-state index contributed by atoms with van der Waals surface area (Å²) in [6.07, 6.45) is 0. The fourth-order valence-electron chi connectivity index (χ4n) is 0.0517. The van der Waals surface area contributed by atoms with E-state index in [4.69, 9.17) is 0 Å². The minimum atomic E-state index is -2.66. The maximum absolute atomic E-state index is 9.31. The zero-order chi connectivity index (χ0) is 7.28. The summed E-state index contributed by atoms with van der Waals surface area (Å²) in [6.45, 7) is 0. The first kappa shape index (κ1) is 9.30. The van der Waals surface area contributed by atoms with Crippen molar-refractivity contribution in [2.24, 2.45) is 0 Å². The molecule has 9 heteroatoms. The summed E-state index contributed by atoms with van der Waals surface area (Å²) < 4.78 is 43.5. The lowest BCUT2D eigenvalue weighted by molar-refractivity contribution is -1.68. The van der Waals surface area contributed by atoms with Crippen LogP contribution in [0.1, 0.15) is 0 Å². The number of halogens is 2. The van der Waals surface area contributed by atoms with Gasteiger partial charge in [0, 0.05) is 0 Å². The van der Waals surface area contributed by atoms with E-state index in [9.17, 15) is 18.6 Å². The van der Waals surface area contributed by atoms with E-state index in [-0.39, 0.29) is 0 Å². The molecule has 0 radical (unpaired) electrons. The molecule has 0 heterocycles. The van der Waals surface area contributed by atoms with Gasteiger partial charge in [-0.2, -0.15) is 0 Å². The Morgan fingerprint density at radius 2 is 1.11 bits per heavy atom. The van der Waals surface area contributed by atoms with Gasteiger partial charge >= 0.3 is 21.6 Å². The fourth-order valence-corrected chi connectivity index (χ4v) is 0.213.